The fraction of sp³-hybridized carbons (Fsp3) is 0.450. The number of methoxy groups -OCH3 is 1. The van der Waals surface area contributed by atoms with Crippen molar-refractivity contribution in [3.63, 3.8) is 0 Å². The number of rotatable bonds is 6. The third-order valence-corrected chi connectivity index (χ3v) is 5.11. The van der Waals surface area contributed by atoms with Gasteiger partial charge in [-0.3, -0.25) is 0 Å². The van der Waals surface area contributed by atoms with E-state index in [1.165, 1.54) is 31.2 Å². The fourth-order valence-corrected chi connectivity index (χ4v) is 3.56. The first kappa shape index (κ1) is 23.5. The molecule has 1 aromatic carbocycles. The summed E-state index contributed by atoms with van der Waals surface area (Å²) in [6.45, 7) is 0.812. The molecule has 2 aromatic rings. The second kappa shape index (κ2) is 11.3. The number of hydrogen-bond donors (Lipinski definition) is 3. The van der Waals surface area contributed by atoms with Crippen molar-refractivity contribution < 1.29 is 4.74 Å². The molecule has 1 aliphatic carbocycles. The predicted molar refractivity (Wildman–Crippen MR) is 117 cm³/mol. The van der Waals surface area contributed by atoms with Crippen LogP contribution in [0.15, 0.2) is 36.5 Å². The number of anilines is 1. The number of nitrogens with two attached hydrogens (primary N) is 1. The molecule has 0 spiro atoms. The van der Waals surface area contributed by atoms with Crippen LogP contribution in [0.3, 0.4) is 0 Å². The zero-order chi connectivity index (χ0) is 17.6. The van der Waals surface area contributed by atoms with Crippen LogP contribution in [0.4, 0.5) is 5.82 Å². The number of nitrogens with zero attached hydrogens (tertiary/aromatic N) is 1. The molecule has 0 amide bonds. The molecule has 0 radical (unpaired) electrons. The van der Waals surface area contributed by atoms with Gasteiger partial charge in [0.25, 0.3) is 0 Å². The molecule has 0 aliphatic heterocycles. The van der Waals surface area contributed by atoms with E-state index in [1.807, 2.05) is 18.2 Å². The van der Waals surface area contributed by atoms with Crippen LogP contribution < -0.4 is 21.1 Å². The van der Waals surface area contributed by atoms with Crippen LogP contribution in [0.25, 0.3) is 11.1 Å². The maximum atomic E-state index is 5.82. The van der Waals surface area contributed by atoms with E-state index in [0.717, 1.165) is 23.4 Å². The largest absolute Gasteiger partial charge is 0.496 e. The van der Waals surface area contributed by atoms with E-state index in [1.54, 1.807) is 13.3 Å². The van der Waals surface area contributed by atoms with Gasteiger partial charge in [-0.25, -0.2) is 4.98 Å². The molecule has 5 nitrogen and oxygen atoms in total. The van der Waals surface area contributed by atoms with Crippen molar-refractivity contribution in [1.29, 1.82) is 0 Å². The summed E-state index contributed by atoms with van der Waals surface area (Å²) in [5, 5.41) is 7.09. The summed E-state index contributed by atoms with van der Waals surface area (Å²) in [7, 11) is 3.78. The van der Waals surface area contributed by atoms with Gasteiger partial charge in [0.15, 0.2) is 0 Å². The minimum Gasteiger partial charge on any atom is -0.496 e. The van der Waals surface area contributed by atoms with Crippen LogP contribution >= 0.6 is 24.8 Å². The lowest BCUT2D eigenvalue weighted by atomic mass is 9.91. The van der Waals surface area contributed by atoms with E-state index < -0.39 is 0 Å². The highest BCUT2D eigenvalue weighted by Gasteiger charge is 2.19. The first-order valence-electron chi connectivity index (χ1n) is 8.99. The molecule has 1 saturated carbocycles. The molecule has 150 valence electrons. The van der Waals surface area contributed by atoms with Gasteiger partial charge in [0.05, 0.1) is 7.11 Å². The molecule has 1 aromatic heterocycles. The Morgan fingerprint density at radius 1 is 1.04 bits per heavy atom. The van der Waals surface area contributed by atoms with Gasteiger partial charge >= 0.3 is 0 Å². The van der Waals surface area contributed by atoms with Crippen molar-refractivity contribution in [1.82, 2.24) is 15.6 Å². The Hall–Kier alpha value is -1.53. The highest BCUT2D eigenvalue weighted by atomic mass is 35.5. The van der Waals surface area contributed by atoms with Crippen molar-refractivity contribution in [3.05, 3.63) is 42.1 Å². The topological polar surface area (TPSA) is 72.2 Å². The van der Waals surface area contributed by atoms with Crippen LogP contribution in [0.1, 0.15) is 31.2 Å². The Morgan fingerprint density at radius 3 is 2.33 bits per heavy atom. The van der Waals surface area contributed by atoms with Gasteiger partial charge in [0, 0.05) is 30.4 Å². The van der Waals surface area contributed by atoms with Crippen LogP contribution in [0, 0.1) is 0 Å². The zero-order valence-corrected chi connectivity index (χ0v) is 17.5. The van der Waals surface area contributed by atoms with E-state index in [-0.39, 0.29) is 24.8 Å². The average molecular weight is 413 g/mol. The maximum absolute atomic E-state index is 5.82. The Morgan fingerprint density at radius 2 is 1.70 bits per heavy atom. The smallest absolute Gasteiger partial charge is 0.123 e. The Kier molecular flexibility index (Phi) is 9.88. The first-order chi connectivity index (χ1) is 12.2. The van der Waals surface area contributed by atoms with Gasteiger partial charge in [-0.05, 0) is 68.1 Å². The number of halogens is 2. The first-order valence-corrected chi connectivity index (χ1v) is 8.99. The number of hydrogen-bond acceptors (Lipinski definition) is 5. The fourth-order valence-electron chi connectivity index (χ4n) is 3.56. The van der Waals surface area contributed by atoms with Crippen LogP contribution in [0.5, 0.6) is 5.75 Å². The molecule has 1 aliphatic rings. The summed E-state index contributed by atoms with van der Waals surface area (Å²) in [6, 6.07) is 11.4. The second-order valence-electron chi connectivity index (χ2n) is 6.71. The summed E-state index contributed by atoms with van der Waals surface area (Å²) in [5.74, 6) is 1.46. The summed E-state index contributed by atoms with van der Waals surface area (Å²) in [5.41, 5.74) is 9.19. The Labute approximate surface area is 174 Å². The second-order valence-corrected chi connectivity index (χ2v) is 6.71. The molecular weight excluding hydrogens is 383 g/mol. The van der Waals surface area contributed by atoms with Gasteiger partial charge < -0.3 is 21.1 Å². The maximum Gasteiger partial charge on any atom is 0.123 e. The van der Waals surface area contributed by atoms with Crippen molar-refractivity contribution >= 4 is 30.6 Å². The van der Waals surface area contributed by atoms with Gasteiger partial charge in [-0.15, -0.1) is 24.8 Å². The molecule has 4 N–H and O–H groups in total. The minimum absolute atomic E-state index is 0. The number of nitrogen functional groups attached to an aromatic ring is 1. The number of nitrogens with one attached hydrogen (secondary N) is 2. The SMILES string of the molecule is CNC1CCC(NCc2cc(-c3ccnc(N)c3)ccc2OC)CC1.Cl.Cl. The van der Waals surface area contributed by atoms with Gasteiger partial charge in [-0.1, -0.05) is 6.07 Å². The van der Waals surface area contributed by atoms with Crippen LogP contribution in [0.2, 0.25) is 0 Å². The number of aromatic nitrogens is 1. The number of benzene rings is 1. The summed E-state index contributed by atoms with van der Waals surface area (Å²) in [6.07, 6.45) is 6.65. The average Bonchev–Trinajstić information content (AvgIpc) is 2.66. The highest BCUT2D eigenvalue weighted by Crippen LogP contribution is 2.28. The normalized spacial score (nSPS) is 18.9. The minimum atomic E-state index is 0. The lowest BCUT2D eigenvalue weighted by molar-refractivity contribution is 0.315. The zero-order valence-electron chi connectivity index (χ0n) is 15.9. The lowest BCUT2D eigenvalue weighted by Crippen LogP contribution is -2.38. The van der Waals surface area contributed by atoms with Gasteiger partial charge in [-0.2, -0.15) is 0 Å². The monoisotopic (exact) mass is 412 g/mol. The Bertz CT molecular complexity index is 706. The van der Waals surface area contributed by atoms with Crippen molar-refractivity contribution in [2.45, 2.75) is 44.3 Å². The van der Waals surface area contributed by atoms with E-state index in [0.29, 0.717) is 17.9 Å². The molecule has 1 fully saturated rings. The van der Waals surface area contributed by atoms with E-state index in [2.05, 4.69) is 34.8 Å². The molecule has 3 rings (SSSR count). The molecule has 0 saturated heterocycles. The number of ether oxygens (including phenoxy) is 1. The van der Waals surface area contributed by atoms with Gasteiger partial charge in [0.1, 0.15) is 11.6 Å². The molecule has 7 heteroatoms. The molecular formula is C20H30Cl2N4O. The summed E-state index contributed by atoms with van der Waals surface area (Å²) < 4.78 is 5.55. The standard InChI is InChI=1S/C20H28N4O.2ClH/c1-22-17-4-6-18(7-5-17)24-13-16-11-14(3-8-19(16)25-2)15-9-10-23-20(21)12-15;;/h3,8-12,17-18,22,24H,4-7,13H2,1-2H3,(H2,21,23);2*1H. The van der Waals surface area contributed by atoms with Crippen molar-refractivity contribution in [2.24, 2.45) is 0 Å². The molecule has 1 heterocycles. The lowest BCUT2D eigenvalue weighted by Gasteiger charge is -2.29. The summed E-state index contributed by atoms with van der Waals surface area (Å²) in [4.78, 5) is 4.07. The van der Waals surface area contributed by atoms with Crippen LogP contribution in [-0.2, 0) is 6.54 Å². The van der Waals surface area contributed by atoms with Crippen molar-refractivity contribution in [3.8, 4) is 16.9 Å². The Balaban J connectivity index is 0.00000182. The molecule has 0 unspecified atom stereocenters. The molecule has 0 bridgehead atoms. The predicted octanol–water partition coefficient (Wildman–Crippen LogP) is 3.80. The molecule has 27 heavy (non-hydrogen) atoms. The van der Waals surface area contributed by atoms with E-state index >= 15 is 0 Å². The van der Waals surface area contributed by atoms with Crippen molar-refractivity contribution in [2.75, 3.05) is 19.9 Å². The van der Waals surface area contributed by atoms with E-state index in [4.69, 9.17) is 10.5 Å². The molecule has 0 atom stereocenters. The third kappa shape index (κ3) is 6.25. The third-order valence-electron chi connectivity index (χ3n) is 5.11. The summed E-state index contributed by atoms with van der Waals surface area (Å²) >= 11 is 0. The highest BCUT2D eigenvalue weighted by molar-refractivity contribution is 5.85. The van der Waals surface area contributed by atoms with E-state index in [9.17, 15) is 0 Å². The quantitative estimate of drug-likeness (QED) is 0.672. The number of pyridine rings is 1. The van der Waals surface area contributed by atoms with Crippen LogP contribution in [-0.4, -0.2) is 31.2 Å². The van der Waals surface area contributed by atoms with Gasteiger partial charge in [0.2, 0.25) is 0 Å².